The minimum atomic E-state index is -0.421. The van der Waals surface area contributed by atoms with Gasteiger partial charge in [-0.2, -0.15) is 0 Å². The summed E-state index contributed by atoms with van der Waals surface area (Å²) in [7, 11) is 0. The Bertz CT molecular complexity index is 1040. The molecule has 0 radical (unpaired) electrons. The molecule has 0 aliphatic carbocycles. The Balaban J connectivity index is 1.84. The minimum absolute atomic E-state index is 0.0382. The number of aromatic nitrogens is 2. The fourth-order valence-corrected chi connectivity index (χ4v) is 2.97. The van der Waals surface area contributed by atoms with Crippen molar-refractivity contribution in [3.63, 3.8) is 0 Å². The number of aryl methyl sites for hydroxylation is 1. The van der Waals surface area contributed by atoms with Crippen LogP contribution >= 0.6 is 0 Å². The van der Waals surface area contributed by atoms with Crippen LogP contribution in [0.2, 0.25) is 0 Å². The molecule has 5 heteroatoms. The predicted octanol–water partition coefficient (Wildman–Crippen LogP) is 3.79. The molecule has 1 aromatic carbocycles. The minimum Gasteiger partial charge on any atom is -0.345 e. The number of benzene rings is 1. The lowest BCUT2D eigenvalue weighted by Gasteiger charge is -2.20. The van der Waals surface area contributed by atoms with Crippen molar-refractivity contribution in [1.82, 2.24) is 14.7 Å². The zero-order valence-corrected chi connectivity index (χ0v) is 16.4. The number of nitrogens with one attached hydrogen (secondary N) is 1. The van der Waals surface area contributed by atoms with Gasteiger partial charge in [-0.1, -0.05) is 51.1 Å². The van der Waals surface area contributed by atoms with E-state index in [1.54, 1.807) is 12.3 Å². The van der Waals surface area contributed by atoms with Gasteiger partial charge in [-0.05, 0) is 42.0 Å². The summed E-state index contributed by atoms with van der Waals surface area (Å²) in [6.07, 6.45) is 3.04. The van der Waals surface area contributed by atoms with Gasteiger partial charge in [0.25, 0.3) is 11.5 Å². The Labute approximate surface area is 159 Å². The van der Waals surface area contributed by atoms with Gasteiger partial charge in [-0.15, -0.1) is 0 Å². The Hall–Kier alpha value is -2.95. The Morgan fingerprint density at radius 3 is 2.41 bits per heavy atom. The molecule has 0 aliphatic rings. The number of amides is 1. The van der Waals surface area contributed by atoms with Crippen LogP contribution in [0.1, 0.15) is 60.8 Å². The van der Waals surface area contributed by atoms with Crippen molar-refractivity contribution in [3.8, 4) is 0 Å². The standard InChI is InChI=1S/C22H25N3O2/c1-14-6-11-19-23-12-18(21(27)25(19)13-14)20(26)24-15(2)16-7-9-17(10-8-16)22(3,4)5/h6-13,15H,1-5H3,(H,24,26). The molecule has 0 aliphatic heterocycles. The maximum Gasteiger partial charge on any atom is 0.270 e. The number of rotatable bonds is 3. The van der Waals surface area contributed by atoms with Crippen LogP contribution < -0.4 is 10.9 Å². The normalized spacial score (nSPS) is 12.8. The monoisotopic (exact) mass is 363 g/mol. The molecule has 1 N–H and O–H groups in total. The van der Waals surface area contributed by atoms with Crippen LogP contribution in [0.25, 0.3) is 5.65 Å². The maximum absolute atomic E-state index is 12.7. The molecule has 2 aromatic heterocycles. The number of hydrogen-bond acceptors (Lipinski definition) is 3. The topological polar surface area (TPSA) is 63.5 Å². The van der Waals surface area contributed by atoms with Gasteiger partial charge < -0.3 is 5.32 Å². The third-order valence-electron chi connectivity index (χ3n) is 4.72. The van der Waals surface area contributed by atoms with Crippen LogP contribution in [0.5, 0.6) is 0 Å². The molecule has 140 valence electrons. The first-order valence-corrected chi connectivity index (χ1v) is 9.06. The van der Waals surface area contributed by atoms with Crippen molar-refractivity contribution < 1.29 is 4.79 Å². The fourth-order valence-electron chi connectivity index (χ4n) is 2.97. The van der Waals surface area contributed by atoms with Gasteiger partial charge in [0.15, 0.2) is 0 Å². The third kappa shape index (κ3) is 3.92. The highest BCUT2D eigenvalue weighted by atomic mass is 16.2. The van der Waals surface area contributed by atoms with Crippen molar-refractivity contribution in [3.05, 3.63) is 81.4 Å². The highest BCUT2D eigenvalue weighted by Gasteiger charge is 2.18. The van der Waals surface area contributed by atoms with E-state index in [1.165, 1.54) is 16.2 Å². The summed E-state index contributed by atoms with van der Waals surface area (Å²) in [5, 5.41) is 2.90. The van der Waals surface area contributed by atoms with Gasteiger partial charge in [0.05, 0.1) is 6.04 Å². The van der Waals surface area contributed by atoms with Crippen LogP contribution in [-0.2, 0) is 5.41 Å². The predicted molar refractivity (Wildman–Crippen MR) is 107 cm³/mol. The molecule has 5 nitrogen and oxygen atoms in total. The van der Waals surface area contributed by atoms with E-state index < -0.39 is 5.91 Å². The van der Waals surface area contributed by atoms with Gasteiger partial charge in [0.1, 0.15) is 11.2 Å². The SMILES string of the molecule is Cc1ccc2ncc(C(=O)NC(C)c3ccc(C(C)(C)C)cc3)c(=O)n2c1. The van der Waals surface area contributed by atoms with Crippen molar-refractivity contribution in [2.24, 2.45) is 0 Å². The number of hydrogen-bond donors (Lipinski definition) is 1. The molecule has 0 spiro atoms. The molecule has 3 aromatic rings. The largest absolute Gasteiger partial charge is 0.345 e. The number of carbonyl (C=O) groups is 1. The second kappa shape index (κ2) is 6.99. The van der Waals surface area contributed by atoms with Crippen molar-refractivity contribution >= 4 is 11.6 Å². The van der Waals surface area contributed by atoms with Crippen molar-refractivity contribution in [2.45, 2.75) is 46.1 Å². The average Bonchev–Trinajstić information content (AvgIpc) is 2.61. The lowest BCUT2D eigenvalue weighted by atomic mass is 9.86. The van der Waals surface area contributed by atoms with E-state index in [-0.39, 0.29) is 22.6 Å². The van der Waals surface area contributed by atoms with E-state index in [2.05, 4.69) is 43.2 Å². The highest BCUT2D eigenvalue weighted by Crippen LogP contribution is 2.24. The summed E-state index contributed by atoms with van der Waals surface area (Å²) in [6, 6.07) is 11.6. The molecule has 1 unspecified atom stereocenters. The number of fused-ring (bicyclic) bond motifs is 1. The average molecular weight is 363 g/mol. The molecule has 0 saturated carbocycles. The first-order chi connectivity index (χ1) is 12.7. The smallest absolute Gasteiger partial charge is 0.270 e. The molecular formula is C22H25N3O2. The summed E-state index contributed by atoms with van der Waals surface area (Å²) in [5.74, 6) is -0.421. The molecule has 27 heavy (non-hydrogen) atoms. The van der Waals surface area contributed by atoms with Gasteiger partial charge >= 0.3 is 0 Å². The second-order valence-corrected chi connectivity index (χ2v) is 7.98. The lowest BCUT2D eigenvalue weighted by molar-refractivity contribution is 0.0938. The van der Waals surface area contributed by atoms with Crippen molar-refractivity contribution in [1.29, 1.82) is 0 Å². The van der Waals surface area contributed by atoms with Gasteiger partial charge in [-0.3, -0.25) is 14.0 Å². The van der Waals surface area contributed by atoms with E-state index in [0.717, 1.165) is 11.1 Å². The van der Waals surface area contributed by atoms with Crippen LogP contribution in [0, 0.1) is 6.92 Å². The zero-order valence-electron chi connectivity index (χ0n) is 16.4. The molecule has 2 heterocycles. The fraction of sp³-hybridized carbons (Fsp3) is 0.318. The lowest BCUT2D eigenvalue weighted by Crippen LogP contribution is -2.33. The van der Waals surface area contributed by atoms with E-state index in [0.29, 0.717) is 5.65 Å². The Kier molecular flexibility index (Phi) is 4.87. The molecule has 3 rings (SSSR count). The zero-order chi connectivity index (χ0) is 19.8. The summed E-state index contributed by atoms with van der Waals surface area (Å²) < 4.78 is 1.41. The molecular weight excluding hydrogens is 338 g/mol. The number of nitrogens with zero attached hydrogens (tertiary/aromatic N) is 2. The molecule has 0 saturated heterocycles. The van der Waals surface area contributed by atoms with E-state index in [1.807, 2.05) is 32.0 Å². The van der Waals surface area contributed by atoms with Crippen LogP contribution in [0.15, 0.2) is 53.6 Å². The Morgan fingerprint density at radius 1 is 1.11 bits per heavy atom. The van der Waals surface area contributed by atoms with Crippen LogP contribution in [0.3, 0.4) is 0 Å². The molecule has 0 fully saturated rings. The van der Waals surface area contributed by atoms with E-state index in [4.69, 9.17) is 0 Å². The Morgan fingerprint density at radius 2 is 1.78 bits per heavy atom. The maximum atomic E-state index is 12.7. The second-order valence-electron chi connectivity index (χ2n) is 7.98. The van der Waals surface area contributed by atoms with Crippen LogP contribution in [0.4, 0.5) is 0 Å². The van der Waals surface area contributed by atoms with Gasteiger partial charge in [-0.25, -0.2) is 4.98 Å². The van der Waals surface area contributed by atoms with Crippen LogP contribution in [-0.4, -0.2) is 15.3 Å². The summed E-state index contributed by atoms with van der Waals surface area (Å²) in [5.41, 5.74) is 3.42. The summed E-state index contributed by atoms with van der Waals surface area (Å²) in [6.45, 7) is 10.3. The van der Waals surface area contributed by atoms with Crippen molar-refractivity contribution in [2.75, 3.05) is 0 Å². The highest BCUT2D eigenvalue weighted by molar-refractivity contribution is 5.94. The quantitative estimate of drug-likeness (QED) is 0.770. The van der Waals surface area contributed by atoms with Gasteiger partial charge in [0.2, 0.25) is 0 Å². The first-order valence-electron chi connectivity index (χ1n) is 9.06. The molecule has 1 atom stereocenters. The first kappa shape index (κ1) is 18.8. The number of carbonyl (C=O) groups excluding carboxylic acids is 1. The summed E-state index contributed by atoms with van der Waals surface area (Å²) >= 11 is 0. The third-order valence-corrected chi connectivity index (χ3v) is 4.72. The van der Waals surface area contributed by atoms with E-state index in [9.17, 15) is 9.59 Å². The summed E-state index contributed by atoms with van der Waals surface area (Å²) in [4.78, 5) is 29.5. The van der Waals surface area contributed by atoms with Gasteiger partial charge in [0, 0.05) is 12.4 Å². The molecule has 1 amide bonds. The molecule has 0 bridgehead atoms. The number of pyridine rings is 1. The van der Waals surface area contributed by atoms with E-state index >= 15 is 0 Å².